The zero-order valence-corrected chi connectivity index (χ0v) is 48.5. The lowest BCUT2D eigenvalue weighted by Crippen LogP contribution is -2.24. The van der Waals surface area contributed by atoms with Crippen LogP contribution in [0.1, 0.15) is 0 Å². The van der Waals surface area contributed by atoms with Gasteiger partial charge in [0.25, 0.3) is 0 Å². The van der Waals surface area contributed by atoms with Crippen LogP contribution in [0.4, 0.5) is 73.4 Å². The van der Waals surface area contributed by atoms with E-state index in [0.29, 0.717) is 22.7 Å². The number of carbonyl (C=O) groups is 7. The maximum Gasteiger partial charge on any atom is 0.319 e. The highest BCUT2D eigenvalue weighted by molar-refractivity contribution is 5.93. The van der Waals surface area contributed by atoms with Gasteiger partial charge in [-0.15, -0.1) is 0 Å². The maximum absolute atomic E-state index is 10.8. The molecule has 0 fully saturated rings. The molecule has 33 heteroatoms. The Hall–Kier alpha value is -13.0. The quantitative estimate of drug-likeness (QED) is 0.0595. The van der Waals surface area contributed by atoms with Crippen molar-refractivity contribution in [2.45, 2.75) is 0 Å². The van der Waals surface area contributed by atoms with Crippen LogP contribution in [0, 0.1) is 0 Å². The molecule has 0 bridgehead atoms. The van der Waals surface area contributed by atoms with Gasteiger partial charge in [-0.05, 0) is 84.9 Å². The molecule has 0 aliphatic rings. The molecule has 478 valence electrons. The largest absolute Gasteiger partial charge is 0.508 e. The summed E-state index contributed by atoms with van der Waals surface area (Å²) in [5, 5.41) is 142. The monoisotopic (exact) mass is 1240 g/mol. The predicted molar refractivity (Wildman–Crippen MR) is 332 cm³/mol. The first kappa shape index (κ1) is 74.0. The van der Waals surface area contributed by atoms with Gasteiger partial charge in [0.05, 0.1) is 22.7 Å². The Morgan fingerprint density at radius 2 is 0.596 bits per heavy atom. The van der Waals surface area contributed by atoms with Crippen LogP contribution >= 0.6 is 0 Å². The molecular weight excluding hydrogens is 1170 g/mol. The van der Waals surface area contributed by atoms with E-state index >= 15 is 0 Å². The number of urea groups is 7. The van der Waals surface area contributed by atoms with Crippen molar-refractivity contribution in [3.8, 4) is 69.0 Å². The first-order valence-electron chi connectivity index (χ1n) is 25.2. The zero-order chi connectivity index (χ0) is 67.2. The maximum atomic E-state index is 10.8. The molecule has 0 aromatic heterocycles. The number of benzene rings is 7. The summed E-state index contributed by atoms with van der Waals surface area (Å²) in [4.78, 5) is 75.7. The lowest BCUT2D eigenvalue weighted by atomic mass is 10.2. The summed E-state index contributed by atoms with van der Waals surface area (Å²) < 4.78 is 0. The van der Waals surface area contributed by atoms with Crippen molar-refractivity contribution in [1.29, 1.82) is 0 Å². The molecule has 0 atom stereocenters. The van der Waals surface area contributed by atoms with E-state index in [1.807, 2.05) is 0 Å². The van der Waals surface area contributed by atoms with Gasteiger partial charge in [-0.1, -0.05) is 24.3 Å². The molecular formula is C56H70N14O19. The number of anilines is 7. The second-order valence-corrected chi connectivity index (χ2v) is 16.5. The SMILES string of the molecule is CNC(=O)Nc1cc(O)c(O)c(O)c1.CNC(=O)Nc1ccc(O)c(O)c1.CNC(=O)Nc1ccc(O)cc1.CNC(=O)Nc1ccc(O)cc1O.CNC(=O)Nc1cccc(O)c1.CNC(=O)Nc1cccc(O)c1O.CNC(=O)Nc1ccccc1O. The minimum atomic E-state index is -0.618. The van der Waals surface area contributed by atoms with Crippen LogP contribution in [0.3, 0.4) is 0 Å². The van der Waals surface area contributed by atoms with Crippen LogP contribution in [-0.2, 0) is 0 Å². The average molecular weight is 1240 g/mol. The van der Waals surface area contributed by atoms with Crippen LogP contribution in [0.15, 0.2) is 140 Å². The molecule has 0 spiro atoms. The summed E-state index contributed by atoms with van der Waals surface area (Å²) in [6, 6.07) is 30.9. The van der Waals surface area contributed by atoms with Crippen molar-refractivity contribution in [3.05, 3.63) is 140 Å². The Bertz CT molecular complexity index is 3410. The van der Waals surface area contributed by atoms with Crippen molar-refractivity contribution in [3.63, 3.8) is 0 Å². The van der Waals surface area contributed by atoms with Crippen molar-refractivity contribution in [2.75, 3.05) is 86.6 Å². The van der Waals surface area contributed by atoms with Gasteiger partial charge in [-0.2, -0.15) is 0 Å². The Morgan fingerprint density at radius 3 is 1.06 bits per heavy atom. The molecule has 14 amide bonds. The first-order chi connectivity index (χ1) is 42.1. The van der Waals surface area contributed by atoms with E-state index in [1.165, 1.54) is 128 Å². The third-order valence-corrected chi connectivity index (χ3v) is 10.0. The summed E-state index contributed by atoms with van der Waals surface area (Å²) in [7, 11) is 10.4. The average Bonchev–Trinajstić information content (AvgIpc) is 3.29. The smallest absolute Gasteiger partial charge is 0.319 e. The number of hydrogen-bond acceptors (Lipinski definition) is 19. The summed E-state index contributed by atoms with van der Waals surface area (Å²) in [6.07, 6.45) is 0. The number of para-hydroxylation sites is 3. The Labute approximate surface area is 507 Å². The van der Waals surface area contributed by atoms with E-state index in [9.17, 15) is 48.9 Å². The van der Waals surface area contributed by atoms with E-state index in [0.717, 1.165) is 18.2 Å². The third-order valence-electron chi connectivity index (χ3n) is 10.0. The van der Waals surface area contributed by atoms with E-state index in [-0.39, 0.29) is 92.9 Å². The number of aromatic hydroxyl groups is 12. The fourth-order valence-electron chi connectivity index (χ4n) is 5.57. The number of nitrogens with one attached hydrogen (secondary N) is 14. The number of phenolic OH excluding ortho intramolecular Hbond substituents is 12. The van der Waals surface area contributed by atoms with E-state index < -0.39 is 35.3 Å². The van der Waals surface area contributed by atoms with Gasteiger partial charge < -0.3 is 136 Å². The number of rotatable bonds is 7. The van der Waals surface area contributed by atoms with E-state index in [4.69, 9.17) is 46.0 Å². The van der Waals surface area contributed by atoms with Gasteiger partial charge in [-0.25, -0.2) is 33.6 Å². The number of carbonyl (C=O) groups excluding carboxylic acids is 7. The normalized spacial score (nSPS) is 9.25. The standard InChI is InChI=1S/C8H10N2O4.3C8H10N2O3.3C8H10N2O2/c1-9-8(14)10-4-2-5(11)7(13)6(12)3-4;1-9-8(13)10-6-3-2-5(11)4-7(6)12;1-9-8(13)10-5-2-3-6(11)7(12)4-5;1-9-8(13)10-5-3-2-4-6(11)7(5)12;1-9-8(12)10-6-2-4-7(11)5-3-6;1-9-8(12)10-6-3-2-4-7(11)5-6;1-9-8(12)10-6-4-2-3-5-7(6)11/h2-3,11-13H,1H3,(H2,9,10,14);3*2-4,11-12H,1H3,(H2,9,10,13);3*2-5,11H,1H3,(H2,9,10,12). The molecule has 0 aliphatic carbocycles. The molecule has 7 rings (SSSR count). The number of hydrogen-bond donors (Lipinski definition) is 26. The second-order valence-electron chi connectivity index (χ2n) is 16.5. The Kier molecular flexibility index (Phi) is 32.9. The van der Waals surface area contributed by atoms with Gasteiger partial charge in [0.15, 0.2) is 40.2 Å². The summed E-state index contributed by atoms with van der Waals surface area (Å²) >= 11 is 0. The van der Waals surface area contributed by atoms with Gasteiger partial charge in [0, 0.05) is 96.7 Å². The summed E-state index contributed by atoms with van der Waals surface area (Å²) in [5.74, 6) is -2.59. The molecule has 0 saturated heterocycles. The highest BCUT2D eigenvalue weighted by atomic mass is 16.3. The molecule has 89 heavy (non-hydrogen) atoms. The van der Waals surface area contributed by atoms with Gasteiger partial charge in [0.2, 0.25) is 0 Å². The summed E-state index contributed by atoms with van der Waals surface area (Å²) in [5.41, 5.74) is 2.61. The third kappa shape index (κ3) is 29.7. The van der Waals surface area contributed by atoms with E-state index in [1.54, 1.807) is 42.5 Å². The molecule has 0 heterocycles. The summed E-state index contributed by atoms with van der Waals surface area (Å²) in [6.45, 7) is 0. The molecule has 7 aromatic carbocycles. The highest BCUT2D eigenvalue weighted by Gasteiger charge is 2.11. The highest BCUT2D eigenvalue weighted by Crippen LogP contribution is 2.37. The molecule has 0 unspecified atom stereocenters. The van der Waals surface area contributed by atoms with Crippen molar-refractivity contribution in [1.82, 2.24) is 37.2 Å². The minimum Gasteiger partial charge on any atom is -0.508 e. The van der Waals surface area contributed by atoms with E-state index in [2.05, 4.69) is 74.4 Å². The van der Waals surface area contributed by atoms with Crippen LogP contribution in [-0.4, -0.2) is 153 Å². The van der Waals surface area contributed by atoms with Crippen molar-refractivity contribution in [2.24, 2.45) is 0 Å². The lowest BCUT2D eigenvalue weighted by Gasteiger charge is -2.06. The molecule has 0 saturated carbocycles. The molecule has 7 aromatic rings. The zero-order valence-electron chi connectivity index (χ0n) is 48.5. The molecule has 26 N–H and O–H groups in total. The van der Waals surface area contributed by atoms with Crippen molar-refractivity contribution >= 4 is 82.0 Å². The fourth-order valence-corrected chi connectivity index (χ4v) is 5.57. The van der Waals surface area contributed by atoms with Crippen molar-refractivity contribution < 1.29 is 94.8 Å². The minimum absolute atomic E-state index is 0.0556. The Morgan fingerprint density at radius 1 is 0.236 bits per heavy atom. The van der Waals surface area contributed by atoms with Crippen LogP contribution in [0.25, 0.3) is 0 Å². The van der Waals surface area contributed by atoms with Gasteiger partial charge in [-0.3, -0.25) is 0 Å². The first-order valence-corrected chi connectivity index (χ1v) is 25.2. The fraction of sp³-hybridized carbons (Fsp3) is 0.125. The topological polar surface area (TPSA) is 531 Å². The number of amides is 14. The predicted octanol–water partition coefficient (Wildman–Crippen LogP) is 6.53. The van der Waals surface area contributed by atoms with Gasteiger partial charge >= 0.3 is 42.2 Å². The van der Waals surface area contributed by atoms with Crippen LogP contribution in [0.5, 0.6) is 69.0 Å². The van der Waals surface area contributed by atoms with Crippen LogP contribution in [0.2, 0.25) is 0 Å². The van der Waals surface area contributed by atoms with Gasteiger partial charge in [0.1, 0.15) is 28.7 Å². The molecule has 33 nitrogen and oxygen atoms in total. The lowest BCUT2D eigenvalue weighted by molar-refractivity contribution is 0.253. The molecule has 0 aliphatic heterocycles. The Balaban J connectivity index is 0.000000519. The van der Waals surface area contributed by atoms with Crippen LogP contribution < -0.4 is 74.4 Å². The molecule has 0 radical (unpaired) electrons. The second kappa shape index (κ2) is 39.5. The number of phenols is 12.